The van der Waals surface area contributed by atoms with E-state index in [0.29, 0.717) is 5.75 Å². The summed E-state index contributed by atoms with van der Waals surface area (Å²) in [5.74, 6) is 0.620. The Morgan fingerprint density at radius 1 is 1.09 bits per heavy atom. The summed E-state index contributed by atoms with van der Waals surface area (Å²) in [6, 6.07) is 8.99. The Kier molecular flexibility index (Phi) is 9.44. The summed E-state index contributed by atoms with van der Waals surface area (Å²) in [5.41, 5.74) is 0. The lowest BCUT2D eigenvalue weighted by atomic mass is 10.3. The molecule has 11 heavy (non-hydrogen) atoms. The summed E-state index contributed by atoms with van der Waals surface area (Å²) >= 11 is 0. The molecule has 62 valence electrons. The van der Waals surface area contributed by atoms with Gasteiger partial charge in [-0.15, -0.1) is 0 Å². The van der Waals surface area contributed by atoms with Gasteiger partial charge in [0.25, 0.3) is 0 Å². The molecule has 5 heteroatoms. The van der Waals surface area contributed by atoms with Gasteiger partial charge in [-0.05, 0) is 12.1 Å². The monoisotopic (exact) mass is 210 g/mol. The largest absolute Gasteiger partial charge is 1.00 e. The molecule has 0 amide bonds. The lowest BCUT2D eigenvalue weighted by molar-refractivity contribution is -0.00100. The molecule has 1 aromatic carbocycles. The summed E-state index contributed by atoms with van der Waals surface area (Å²) < 4.78 is 14.5. The molecule has 0 heterocycles. The van der Waals surface area contributed by atoms with Gasteiger partial charge in [0.15, 0.2) is 0 Å². The molecule has 0 fully saturated rings. The van der Waals surface area contributed by atoms with Crippen molar-refractivity contribution in [2.24, 2.45) is 0 Å². The van der Waals surface area contributed by atoms with Crippen LogP contribution in [0, 0.1) is 0 Å². The fraction of sp³-hybridized carbons (Fsp3) is 0. The molecule has 0 unspecified atom stereocenters. The van der Waals surface area contributed by atoms with Gasteiger partial charge >= 0.3 is 8.69 Å². The van der Waals surface area contributed by atoms with E-state index >= 15 is 0 Å². The third-order valence-corrected chi connectivity index (χ3v) is 1.17. The van der Waals surface area contributed by atoms with Crippen molar-refractivity contribution in [3.8, 4) is 5.75 Å². The van der Waals surface area contributed by atoms with Crippen LogP contribution in [0.25, 0.3) is 0 Å². The number of rotatable bonds is 2. The predicted molar refractivity (Wildman–Crippen MR) is 34.7 cm³/mol. The summed E-state index contributed by atoms with van der Waals surface area (Å²) in [5, 5.41) is 0. The van der Waals surface area contributed by atoms with Crippen molar-refractivity contribution in [2.75, 3.05) is 0 Å². The van der Waals surface area contributed by atoms with E-state index in [1.165, 1.54) is 0 Å². The Hall–Kier alpha value is -0.300. The van der Waals surface area contributed by atoms with Gasteiger partial charge in [-0.25, -0.2) is 4.57 Å². The molecule has 1 rings (SSSR count). The second kappa shape index (κ2) is 7.80. The van der Waals surface area contributed by atoms with Gasteiger partial charge in [0.05, 0.1) is 0 Å². The van der Waals surface area contributed by atoms with Crippen LogP contribution >= 0.6 is 8.69 Å². The number of para-hydroxylation sites is 1. The first-order valence-corrected chi connectivity index (χ1v) is 3.21. The zero-order valence-electron chi connectivity index (χ0n) is 5.41. The number of hydrogen-bond acceptors (Lipinski definition) is 2. The molecule has 0 N–H and O–H groups in total. The quantitative estimate of drug-likeness (QED) is 0.470. The van der Waals surface area contributed by atoms with Crippen LogP contribution in [-0.2, 0) is 4.57 Å². The maximum Gasteiger partial charge on any atom is 0.395 e. The van der Waals surface area contributed by atoms with Crippen LogP contribution in [0.3, 0.4) is 0 Å². The highest BCUT2D eigenvalue weighted by atomic mass is 35.5. The second-order valence-corrected chi connectivity index (χ2v) is 1.81. The van der Waals surface area contributed by atoms with E-state index in [0.717, 1.165) is 0 Å². The third-order valence-electron chi connectivity index (χ3n) is 0.886. The van der Waals surface area contributed by atoms with Gasteiger partial charge in [0, 0.05) is 0 Å². The molecule has 0 atom stereocenters. The Balaban J connectivity index is 0. The summed E-state index contributed by atoms with van der Waals surface area (Å²) in [6.07, 6.45) is 0. The van der Waals surface area contributed by atoms with Crippen LogP contribution < -0.4 is 29.3 Å². The average Bonchev–Trinajstić information content (AvgIpc) is 1.91. The number of benzene rings is 1. The standard InChI is InChI=1S/C6H5O2P.2ClH/c7-9-8-6-4-2-1-3-5-6;;/h1-5H;2*1H/p-2. The summed E-state index contributed by atoms with van der Waals surface area (Å²) in [4.78, 5) is 0. The van der Waals surface area contributed by atoms with Crippen molar-refractivity contribution in [3.63, 3.8) is 0 Å². The van der Waals surface area contributed by atoms with Crippen molar-refractivity contribution in [2.45, 2.75) is 0 Å². The van der Waals surface area contributed by atoms with Gasteiger partial charge in [-0.3, -0.25) is 0 Å². The topological polar surface area (TPSA) is 26.3 Å². The highest BCUT2D eigenvalue weighted by Gasteiger charge is 1.85. The van der Waals surface area contributed by atoms with E-state index in [1.807, 2.05) is 18.2 Å². The first kappa shape index (κ1) is 13.3. The second-order valence-electron chi connectivity index (χ2n) is 1.48. The molecule has 2 nitrogen and oxygen atoms in total. The average molecular weight is 211 g/mol. The molecule has 0 saturated carbocycles. The van der Waals surface area contributed by atoms with Gasteiger partial charge in [0.1, 0.15) is 5.75 Å². The highest BCUT2D eigenvalue weighted by molar-refractivity contribution is 7.17. The minimum absolute atomic E-state index is 0. The van der Waals surface area contributed by atoms with Crippen molar-refractivity contribution < 1.29 is 33.9 Å². The van der Waals surface area contributed by atoms with Gasteiger partial charge in [0.2, 0.25) is 0 Å². The van der Waals surface area contributed by atoms with E-state index in [2.05, 4.69) is 4.52 Å². The van der Waals surface area contributed by atoms with Gasteiger partial charge in [-0.2, -0.15) is 0 Å². The van der Waals surface area contributed by atoms with Gasteiger partial charge in [-0.1, -0.05) is 18.2 Å². The molecule has 0 saturated heterocycles. The first-order chi connectivity index (χ1) is 4.43. The number of halogens is 2. The molecule has 0 spiro atoms. The Morgan fingerprint density at radius 3 is 2.09 bits per heavy atom. The molecular formula is C6H5Cl2O2P-2. The fourth-order valence-corrected chi connectivity index (χ4v) is 0.732. The molecule has 0 aromatic heterocycles. The zero-order chi connectivity index (χ0) is 6.53. The van der Waals surface area contributed by atoms with Crippen LogP contribution in [-0.4, -0.2) is 0 Å². The van der Waals surface area contributed by atoms with Crippen LogP contribution in [0.15, 0.2) is 30.3 Å². The van der Waals surface area contributed by atoms with Crippen molar-refractivity contribution in [1.82, 2.24) is 0 Å². The Morgan fingerprint density at radius 2 is 1.64 bits per heavy atom. The molecule has 0 aliphatic rings. The maximum atomic E-state index is 9.85. The Bertz CT molecular complexity index is 193. The van der Waals surface area contributed by atoms with E-state index in [9.17, 15) is 4.57 Å². The zero-order valence-corrected chi connectivity index (χ0v) is 7.81. The van der Waals surface area contributed by atoms with Crippen LogP contribution in [0.5, 0.6) is 5.75 Å². The molecule has 0 radical (unpaired) electrons. The highest BCUT2D eigenvalue weighted by Crippen LogP contribution is 2.12. The summed E-state index contributed by atoms with van der Waals surface area (Å²) in [7, 11) is -0.305. The van der Waals surface area contributed by atoms with Crippen LogP contribution in [0.1, 0.15) is 0 Å². The van der Waals surface area contributed by atoms with E-state index < -0.39 is 0 Å². The minimum atomic E-state index is -0.305. The molecule has 1 aromatic rings. The van der Waals surface area contributed by atoms with Crippen molar-refractivity contribution >= 4 is 8.69 Å². The first-order valence-electron chi connectivity index (χ1n) is 2.48. The molecular weight excluding hydrogens is 206 g/mol. The van der Waals surface area contributed by atoms with Crippen molar-refractivity contribution in [3.05, 3.63) is 30.3 Å². The van der Waals surface area contributed by atoms with E-state index in [4.69, 9.17) is 0 Å². The summed E-state index contributed by atoms with van der Waals surface area (Å²) in [6.45, 7) is 0. The maximum absolute atomic E-state index is 9.85. The smallest absolute Gasteiger partial charge is 0.395 e. The molecule has 0 aliphatic carbocycles. The number of hydrogen-bond donors (Lipinski definition) is 0. The predicted octanol–water partition coefficient (Wildman–Crippen LogP) is -3.72. The normalized spacial score (nSPS) is 7.64. The van der Waals surface area contributed by atoms with Crippen molar-refractivity contribution in [1.29, 1.82) is 0 Å². The Labute approximate surface area is 79.1 Å². The van der Waals surface area contributed by atoms with Crippen LogP contribution in [0.4, 0.5) is 0 Å². The van der Waals surface area contributed by atoms with E-state index in [1.54, 1.807) is 12.1 Å². The lowest BCUT2D eigenvalue weighted by Gasteiger charge is -1.90. The third kappa shape index (κ3) is 5.02. The fourth-order valence-electron chi connectivity index (χ4n) is 0.524. The minimum Gasteiger partial charge on any atom is -1.00 e. The SMILES string of the molecule is O=POc1ccccc1.[Cl-].[Cl-]. The molecule has 0 bridgehead atoms. The molecule has 0 aliphatic heterocycles. The lowest BCUT2D eigenvalue weighted by Crippen LogP contribution is -3.00. The van der Waals surface area contributed by atoms with E-state index in [-0.39, 0.29) is 33.5 Å². The van der Waals surface area contributed by atoms with Gasteiger partial charge < -0.3 is 29.3 Å². The van der Waals surface area contributed by atoms with Crippen LogP contribution in [0.2, 0.25) is 0 Å².